The maximum atomic E-state index is 2.34. The molecule has 0 amide bonds. The van der Waals surface area contributed by atoms with Gasteiger partial charge in [-0.2, -0.15) is 0 Å². The van der Waals surface area contributed by atoms with Crippen LogP contribution in [0.15, 0.2) is 237 Å². The molecule has 0 heterocycles. The van der Waals surface area contributed by atoms with Crippen molar-refractivity contribution >= 4 is 72.3 Å². The summed E-state index contributed by atoms with van der Waals surface area (Å²) in [7, 11) is 0. The Hall–Kier alpha value is -8.00. The topological polar surface area (TPSA) is 3.24 Å². The molecule has 0 N–H and O–H groups in total. The number of benzene rings is 11. The van der Waals surface area contributed by atoms with E-state index in [9.17, 15) is 0 Å². The highest BCUT2D eigenvalue weighted by Crippen LogP contribution is 2.45. The van der Waals surface area contributed by atoms with E-state index in [1.54, 1.807) is 0 Å². The Morgan fingerprint density at radius 1 is 0.246 bits per heavy atom. The zero-order valence-corrected chi connectivity index (χ0v) is 33.6. The number of hydrogen-bond donors (Lipinski definition) is 0. The minimum atomic E-state index is 1.11. The van der Waals surface area contributed by atoms with E-state index in [2.05, 4.69) is 254 Å². The van der Waals surface area contributed by atoms with Crippen molar-refractivity contribution in [3.8, 4) is 33.4 Å². The molecule has 0 aliphatic carbocycles. The summed E-state index contributed by atoms with van der Waals surface area (Å²) in [6.07, 6.45) is 4.40. The molecule has 61 heavy (non-hydrogen) atoms. The third-order valence-corrected chi connectivity index (χ3v) is 12.0. The molecule has 286 valence electrons. The SMILES string of the molecule is C(=C\c1ccc(-c2c3ccccc3c(-c3ccc(N(c4ccccc4)c4ccc5ccccc5c4)cc3)c3ccccc23)cc1)/c1ccc(-c2ccc3ccccc3c2)cc1. The summed E-state index contributed by atoms with van der Waals surface area (Å²) in [6.45, 7) is 0. The van der Waals surface area contributed by atoms with Gasteiger partial charge in [0, 0.05) is 17.1 Å². The molecule has 11 aromatic rings. The van der Waals surface area contributed by atoms with Crippen molar-refractivity contribution in [1.82, 2.24) is 0 Å². The molecule has 11 aromatic carbocycles. The minimum absolute atomic E-state index is 1.11. The second-order valence-electron chi connectivity index (χ2n) is 15.7. The zero-order valence-electron chi connectivity index (χ0n) is 33.6. The molecule has 0 unspecified atom stereocenters. The van der Waals surface area contributed by atoms with Gasteiger partial charge in [-0.1, -0.05) is 206 Å². The largest absolute Gasteiger partial charge is 0.310 e. The highest BCUT2D eigenvalue weighted by atomic mass is 15.1. The Morgan fingerprint density at radius 2 is 0.623 bits per heavy atom. The van der Waals surface area contributed by atoms with Gasteiger partial charge in [-0.25, -0.2) is 0 Å². The Balaban J connectivity index is 0.918. The molecule has 0 saturated carbocycles. The summed E-state index contributed by atoms with van der Waals surface area (Å²) in [5.74, 6) is 0. The molecule has 1 nitrogen and oxygen atoms in total. The Bertz CT molecular complexity index is 3320. The third kappa shape index (κ3) is 6.93. The summed E-state index contributed by atoms with van der Waals surface area (Å²) in [6, 6.07) is 85.9. The molecule has 0 saturated heterocycles. The van der Waals surface area contributed by atoms with Crippen molar-refractivity contribution in [2.45, 2.75) is 0 Å². The van der Waals surface area contributed by atoms with Gasteiger partial charge in [-0.15, -0.1) is 0 Å². The molecular formula is C60H41N. The molecule has 0 aliphatic heterocycles. The lowest BCUT2D eigenvalue weighted by Crippen LogP contribution is -2.09. The molecule has 0 bridgehead atoms. The van der Waals surface area contributed by atoms with Crippen LogP contribution < -0.4 is 4.90 Å². The molecule has 0 radical (unpaired) electrons. The van der Waals surface area contributed by atoms with E-state index in [4.69, 9.17) is 0 Å². The van der Waals surface area contributed by atoms with Gasteiger partial charge in [0.15, 0.2) is 0 Å². The van der Waals surface area contributed by atoms with Crippen molar-refractivity contribution in [1.29, 1.82) is 0 Å². The van der Waals surface area contributed by atoms with Crippen LogP contribution in [0.3, 0.4) is 0 Å². The predicted octanol–water partition coefficient (Wildman–Crippen LogP) is 16.9. The van der Waals surface area contributed by atoms with Gasteiger partial charge >= 0.3 is 0 Å². The molecule has 11 rings (SSSR count). The van der Waals surface area contributed by atoms with Crippen LogP contribution in [-0.2, 0) is 0 Å². The maximum Gasteiger partial charge on any atom is 0.0468 e. The fourth-order valence-electron chi connectivity index (χ4n) is 8.98. The summed E-state index contributed by atoms with van der Waals surface area (Å²) in [5, 5.41) is 9.97. The quantitative estimate of drug-likeness (QED) is 0.110. The average molecular weight is 776 g/mol. The van der Waals surface area contributed by atoms with E-state index in [1.165, 1.54) is 87.6 Å². The van der Waals surface area contributed by atoms with E-state index in [1.807, 2.05) is 0 Å². The second kappa shape index (κ2) is 15.6. The van der Waals surface area contributed by atoms with Crippen LogP contribution in [-0.4, -0.2) is 0 Å². The molecule has 0 aromatic heterocycles. The molecule has 0 spiro atoms. The number of hydrogen-bond acceptors (Lipinski definition) is 1. The molecule has 0 fully saturated rings. The Kier molecular flexibility index (Phi) is 9.26. The maximum absolute atomic E-state index is 2.34. The van der Waals surface area contributed by atoms with Crippen molar-refractivity contribution in [2.75, 3.05) is 4.90 Å². The third-order valence-electron chi connectivity index (χ3n) is 12.0. The molecule has 1 heteroatoms. The first kappa shape index (κ1) is 36.1. The first-order valence-electron chi connectivity index (χ1n) is 21.0. The number of rotatable bonds is 8. The first-order valence-corrected chi connectivity index (χ1v) is 21.0. The zero-order chi connectivity index (χ0) is 40.5. The molecule has 0 aliphatic rings. The van der Waals surface area contributed by atoms with Gasteiger partial charge < -0.3 is 4.90 Å². The Labute approximate surface area is 356 Å². The average Bonchev–Trinajstić information content (AvgIpc) is 3.33. The van der Waals surface area contributed by atoms with Crippen LogP contribution in [0.2, 0.25) is 0 Å². The van der Waals surface area contributed by atoms with Gasteiger partial charge in [-0.3, -0.25) is 0 Å². The highest BCUT2D eigenvalue weighted by Gasteiger charge is 2.18. The summed E-state index contributed by atoms with van der Waals surface area (Å²) in [4.78, 5) is 2.34. The Morgan fingerprint density at radius 3 is 1.16 bits per heavy atom. The van der Waals surface area contributed by atoms with Crippen molar-refractivity contribution < 1.29 is 0 Å². The van der Waals surface area contributed by atoms with Gasteiger partial charge in [0.25, 0.3) is 0 Å². The van der Waals surface area contributed by atoms with Gasteiger partial charge in [0.2, 0.25) is 0 Å². The van der Waals surface area contributed by atoms with Gasteiger partial charge in [-0.05, 0) is 130 Å². The fourth-order valence-corrected chi connectivity index (χ4v) is 8.98. The van der Waals surface area contributed by atoms with Crippen LogP contribution in [0, 0.1) is 0 Å². The standard InChI is InChI=1S/C60H41N/c1-2-16-52(17-3-1)61(54-39-34-45-13-5-7-15-50(45)41-54)53-37-35-48(36-38-53)60-57-20-10-8-18-55(57)59(56-19-9-11-21-58(56)60)47-30-26-43(27-31-47)23-22-42-24-28-46(29-25-42)51-33-32-44-12-4-6-14-49(44)40-51/h1-41H/b23-22+. The van der Waals surface area contributed by atoms with Crippen LogP contribution in [0.25, 0.3) is 88.6 Å². The lowest BCUT2D eigenvalue weighted by molar-refractivity contribution is 1.29. The number of fused-ring (bicyclic) bond motifs is 4. The van der Waals surface area contributed by atoms with Crippen LogP contribution in [0.5, 0.6) is 0 Å². The highest BCUT2D eigenvalue weighted by molar-refractivity contribution is 6.21. The lowest BCUT2D eigenvalue weighted by Gasteiger charge is -2.26. The summed E-state index contributed by atoms with van der Waals surface area (Å²) in [5.41, 5.74) is 13.1. The molecular weight excluding hydrogens is 735 g/mol. The van der Waals surface area contributed by atoms with Crippen molar-refractivity contribution in [2.24, 2.45) is 0 Å². The number of para-hydroxylation sites is 1. The minimum Gasteiger partial charge on any atom is -0.310 e. The normalized spacial score (nSPS) is 11.5. The monoisotopic (exact) mass is 775 g/mol. The van der Waals surface area contributed by atoms with E-state index >= 15 is 0 Å². The van der Waals surface area contributed by atoms with Crippen LogP contribution in [0.4, 0.5) is 17.1 Å². The van der Waals surface area contributed by atoms with E-state index < -0.39 is 0 Å². The van der Waals surface area contributed by atoms with Crippen molar-refractivity contribution in [3.63, 3.8) is 0 Å². The van der Waals surface area contributed by atoms with E-state index in [0.717, 1.165) is 17.1 Å². The predicted molar refractivity (Wildman–Crippen MR) is 263 cm³/mol. The van der Waals surface area contributed by atoms with Crippen LogP contribution in [0.1, 0.15) is 11.1 Å². The van der Waals surface area contributed by atoms with E-state index in [0.29, 0.717) is 0 Å². The summed E-state index contributed by atoms with van der Waals surface area (Å²) >= 11 is 0. The van der Waals surface area contributed by atoms with E-state index in [-0.39, 0.29) is 0 Å². The van der Waals surface area contributed by atoms with Crippen LogP contribution >= 0.6 is 0 Å². The van der Waals surface area contributed by atoms with Gasteiger partial charge in [0.1, 0.15) is 0 Å². The van der Waals surface area contributed by atoms with Gasteiger partial charge in [0.05, 0.1) is 0 Å². The lowest BCUT2D eigenvalue weighted by atomic mass is 9.86. The smallest absolute Gasteiger partial charge is 0.0468 e. The number of anilines is 3. The second-order valence-corrected chi connectivity index (χ2v) is 15.7. The number of nitrogens with zero attached hydrogens (tertiary/aromatic N) is 1. The first-order chi connectivity index (χ1) is 30.2. The fraction of sp³-hybridized carbons (Fsp3) is 0. The molecule has 0 atom stereocenters. The summed E-state index contributed by atoms with van der Waals surface area (Å²) < 4.78 is 0. The van der Waals surface area contributed by atoms with Crippen molar-refractivity contribution in [3.05, 3.63) is 248 Å².